The van der Waals surface area contributed by atoms with Gasteiger partial charge in [-0.1, -0.05) is 31.0 Å². The highest BCUT2D eigenvalue weighted by molar-refractivity contribution is 5.79. The van der Waals surface area contributed by atoms with Crippen LogP contribution >= 0.6 is 0 Å². The second-order valence-electron chi connectivity index (χ2n) is 6.46. The van der Waals surface area contributed by atoms with E-state index in [2.05, 4.69) is 21.5 Å². The lowest BCUT2D eigenvalue weighted by Gasteiger charge is -2.31. The lowest BCUT2D eigenvalue weighted by molar-refractivity contribution is -0.124. The summed E-state index contributed by atoms with van der Waals surface area (Å²) < 4.78 is 7.13. The average molecular weight is 328 g/mol. The molecule has 0 aliphatic heterocycles. The van der Waals surface area contributed by atoms with E-state index in [-0.39, 0.29) is 17.4 Å². The van der Waals surface area contributed by atoms with Gasteiger partial charge in [0.2, 0.25) is 5.91 Å². The van der Waals surface area contributed by atoms with Gasteiger partial charge in [0.25, 0.3) is 0 Å². The summed E-state index contributed by atoms with van der Waals surface area (Å²) in [5.41, 5.74) is 1.14. The molecule has 0 spiro atoms. The molecule has 1 unspecified atom stereocenters. The van der Waals surface area contributed by atoms with Crippen molar-refractivity contribution in [3.8, 4) is 5.75 Å². The molecule has 1 aromatic carbocycles. The van der Waals surface area contributed by atoms with Crippen molar-refractivity contribution in [2.75, 3.05) is 13.7 Å². The van der Waals surface area contributed by atoms with E-state index >= 15 is 0 Å². The molecule has 0 radical (unpaired) electrons. The summed E-state index contributed by atoms with van der Waals surface area (Å²) in [6.07, 6.45) is 7.47. The van der Waals surface area contributed by atoms with Gasteiger partial charge < -0.3 is 10.1 Å². The third-order valence-electron chi connectivity index (χ3n) is 5.05. The zero-order valence-electron chi connectivity index (χ0n) is 14.2. The van der Waals surface area contributed by atoms with E-state index in [0.29, 0.717) is 6.54 Å². The first-order chi connectivity index (χ1) is 11.7. The van der Waals surface area contributed by atoms with Crippen LogP contribution in [0.5, 0.6) is 5.75 Å². The molecule has 1 atom stereocenters. The van der Waals surface area contributed by atoms with Gasteiger partial charge >= 0.3 is 0 Å². The molecule has 0 saturated heterocycles. The maximum atomic E-state index is 12.5. The Morgan fingerprint density at radius 1 is 1.38 bits per heavy atom. The third kappa shape index (κ3) is 3.13. The average Bonchev–Trinajstić information content (AvgIpc) is 3.31. The fraction of sp³-hybridized carbons (Fsp3) is 0.500. The standard InChI is InChI=1S/C18H24N4O2/c1-14(22-13-19-12-21-22)17(23)20-11-18(9-5-6-10-18)15-7-3-4-8-16(15)24-2/h3-4,7-8,12-14H,5-6,9-11H2,1-2H3,(H,20,23). The summed E-state index contributed by atoms with van der Waals surface area (Å²) in [5, 5.41) is 7.16. The highest BCUT2D eigenvalue weighted by Crippen LogP contribution is 2.44. The molecule has 128 valence electrons. The molecule has 6 heteroatoms. The van der Waals surface area contributed by atoms with Gasteiger partial charge in [-0.15, -0.1) is 0 Å². The Balaban J connectivity index is 1.76. The minimum atomic E-state index is -0.372. The lowest BCUT2D eigenvalue weighted by atomic mass is 9.78. The predicted molar refractivity (Wildman–Crippen MR) is 90.9 cm³/mol. The van der Waals surface area contributed by atoms with E-state index in [1.165, 1.54) is 24.7 Å². The zero-order chi connectivity index (χ0) is 17.0. The number of ether oxygens (including phenoxy) is 1. The van der Waals surface area contributed by atoms with Crippen LogP contribution in [0.15, 0.2) is 36.9 Å². The van der Waals surface area contributed by atoms with Crippen LogP contribution in [0.25, 0.3) is 0 Å². The number of benzene rings is 1. The Morgan fingerprint density at radius 2 is 2.12 bits per heavy atom. The van der Waals surface area contributed by atoms with Crippen molar-refractivity contribution >= 4 is 5.91 Å². The van der Waals surface area contributed by atoms with Gasteiger partial charge in [-0.25, -0.2) is 9.67 Å². The lowest BCUT2D eigenvalue weighted by Crippen LogP contribution is -2.41. The molecule has 2 aromatic rings. The topological polar surface area (TPSA) is 69.0 Å². The minimum Gasteiger partial charge on any atom is -0.496 e. The molecular weight excluding hydrogens is 304 g/mol. The number of carbonyl (C=O) groups excluding carboxylic acids is 1. The number of methoxy groups -OCH3 is 1. The monoisotopic (exact) mass is 328 g/mol. The highest BCUT2D eigenvalue weighted by atomic mass is 16.5. The zero-order valence-corrected chi connectivity index (χ0v) is 14.2. The van der Waals surface area contributed by atoms with Gasteiger partial charge in [-0.3, -0.25) is 4.79 Å². The van der Waals surface area contributed by atoms with Crippen molar-refractivity contribution in [1.82, 2.24) is 20.1 Å². The molecule has 1 aliphatic carbocycles. The van der Waals surface area contributed by atoms with Crippen LogP contribution in [0.1, 0.15) is 44.2 Å². The van der Waals surface area contributed by atoms with Crippen LogP contribution in [0.3, 0.4) is 0 Å². The Morgan fingerprint density at radius 3 is 2.79 bits per heavy atom. The van der Waals surface area contributed by atoms with Gasteiger partial charge in [-0.05, 0) is 25.8 Å². The number of hydrogen-bond donors (Lipinski definition) is 1. The molecule has 24 heavy (non-hydrogen) atoms. The number of amides is 1. The SMILES string of the molecule is COc1ccccc1C1(CNC(=O)C(C)n2cncn2)CCCC1. The summed E-state index contributed by atoms with van der Waals surface area (Å²) in [6.45, 7) is 2.44. The summed E-state index contributed by atoms with van der Waals surface area (Å²) in [4.78, 5) is 16.4. The molecule has 1 aliphatic rings. The molecule has 6 nitrogen and oxygen atoms in total. The number of carbonyl (C=O) groups is 1. The van der Waals surface area contributed by atoms with Gasteiger partial charge in [0.15, 0.2) is 0 Å². The third-order valence-corrected chi connectivity index (χ3v) is 5.05. The Bertz CT molecular complexity index is 678. The van der Waals surface area contributed by atoms with Crippen molar-refractivity contribution in [3.05, 3.63) is 42.5 Å². The molecule has 1 saturated carbocycles. The summed E-state index contributed by atoms with van der Waals surface area (Å²) in [7, 11) is 1.70. The quantitative estimate of drug-likeness (QED) is 0.884. The van der Waals surface area contributed by atoms with Crippen molar-refractivity contribution in [2.45, 2.75) is 44.1 Å². The first kappa shape index (κ1) is 16.5. The molecule has 1 amide bonds. The van der Waals surface area contributed by atoms with Gasteiger partial charge in [0.05, 0.1) is 7.11 Å². The van der Waals surface area contributed by atoms with Crippen LogP contribution < -0.4 is 10.1 Å². The second kappa shape index (κ2) is 7.03. The number of rotatable bonds is 6. The number of aromatic nitrogens is 3. The Labute approximate surface area is 142 Å². The first-order valence-corrected chi connectivity index (χ1v) is 8.42. The van der Waals surface area contributed by atoms with Crippen LogP contribution in [0.2, 0.25) is 0 Å². The van der Waals surface area contributed by atoms with Crippen LogP contribution in [-0.4, -0.2) is 34.3 Å². The minimum absolute atomic E-state index is 0.0401. The van der Waals surface area contributed by atoms with Crippen molar-refractivity contribution in [1.29, 1.82) is 0 Å². The molecule has 3 rings (SSSR count). The number of nitrogens with one attached hydrogen (secondary N) is 1. The van der Waals surface area contributed by atoms with Gasteiger partial charge in [-0.2, -0.15) is 5.10 Å². The molecule has 1 aromatic heterocycles. The smallest absolute Gasteiger partial charge is 0.244 e. The molecule has 1 N–H and O–H groups in total. The normalized spacial score (nSPS) is 17.4. The maximum Gasteiger partial charge on any atom is 0.244 e. The Hall–Kier alpha value is -2.37. The second-order valence-corrected chi connectivity index (χ2v) is 6.46. The fourth-order valence-corrected chi connectivity index (χ4v) is 3.62. The molecule has 1 heterocycles. The Kier molecular flexibility index (Phi) is 4.83. The van der Waals surface area contributed by atoms with Gasteiger partial charge in [0, 0.05) is 17.5 Å². The van der Waals surface area contributed by atoms with E-state index in [9.17, 15) is 4.79 Å². The molecular formula is C18H24N4O2. The van der Waals surface area contributed by atoms with E-state index in [1.54, 1.807) is 18.1 Å². The predicted octanol–water partition coefficient (Wildman–Crippen LogP) is 2.48. The van der Waals surface area contributed by atoms with Gasteiger partial charge in [0.1, 0.15) is 24.4 Å². The summed E-state index contributed by atoms with van der Waals surface area (Å²) >= 11 is 0. The molecule has 0 bridgehead atoms. The van der Waals surface area contributed by atoms with E-state index in [0.717, 1.165) is 18.6 Å². The van der Waals surface area contributed by atoms with Crippen LogP contribution in [0, 0.1) is 0 Å². The van der Waals surface area contributed by atoms with Crippen molar-refractivity contribution in [3.63, 3.8) is 0 Å². The number of para-hydroxylation sites is 1. The van der Waals surface area contributed by atoms with E-state index < -0.39 is 0 Å². The summed E-state index contributed by atoms with van der Waals surface area (Å²) in [6, 6.07) is 7.77. The van der Waals surface area contributed by atoms with E-state index in [1.807, 2.05) is 25.1 Å². The summed E-state index contributed by atoms with van der Waals surface area (Å²) in [5.74, 6) is 0.861. The van der Waals surface area contributed by atoms with Crippen LogP contribution in [-0.2, 0) is 10.2 Å². The highest BCUT2D eigenvalue weighted by Gasteiger charge is 2.38. The number of nitrogens with zero attached hydrogens (tertiary/aromatic N) is 3. The van der Waals surface area contributed by atoms with Crippen molar-refractivity contribution < 1.29 is 9.53 Å². The van der Waals surface area contributed by atoms with E-state index in [4.69, 9.17) is 4.74 Å². The number of hydrogen-bond acceptors (Lipinski definition) is 4. The fourth-order valence-electron chi connectivity index (χ4n) is 3.62. The first-order valence-electron chi connectivity index (χ1n) is 8.42. The van der Waals surface area contributed by atoms with Crippen LogP contribution in [0.4, 0.5) is 0 Å². The molecule has 1 fully saturated rings. The largest absolute Gasteiger partial charge is 0.496 e. The van der Waals surface area contributed by atoms with Crippen molar-refractivity contribution in [2.24, 2.45) is 0 Å². The maximum absolute atomic E-state index is 12.5.